The molecule has 0 fully saturated rings. The minimum Gasteiger partial charge on any atom is -0.420 e. The second-order valence-corrected chi connectivity index (χ2v) is 5.17. The van der Waals surface area contributed by atoms with E-state index in [1.807, 2.05) is 5.10 Å². The molecule has 118 valence electrons. The van der Waals surface area contributed by atoms with Crippen molar-refractivity contribution in [2.45, 2.75) is 12.1 Å². The number of benzene rings is 1. The van der Waals surface area contributed by atoms with Gasteiger partial charge in [0.1, 0.15) is 17.3 Å². The first kappa shape index (κ1) is 15.2. The second kappa shape index (κ2) is 5.21. The van der Waals surface area contributed by atoms with Crippen LogP contribution in [0.15, 0.2) is 35.7 Å². The lowest BCUT2D eigenvalue weighted by Gasteiger charge is -2.25. The van der Waals surface area contributed by atoms with Crippen molar-refractivity contribution in [1.82, 2.24) is 10.2 Å². The maximum Gasteiger partial charge on any atom is 0.433 e. The number of nitrogens with two attached hydrogens (primary N) is 1. The molecule has 0 saturated carbocycles. The van der Waals surface area contributed by atoms with Crippen molar-refractivity contribution >= 4 is 11.6 Å². The largest absolute Gasteiger partial charge is 0.433 e. The van der Waals surface area contributed by atoms with Gasteiger partial charge in [-0.25, -0.2) is 0 Å². The van der Waals surface area contributed by atoms with E-state index in [1.54, 1.807) is 18.2 Å². The summed E-state index contributed by atoms with van der Waals surface area (Å²) in [6.45, 7) is 0. The molecule has 23 heavy (non-hydrogen) atoms. The van der Waals surface area contributed by atoms with Crippen molar-refractivity contribution in [3.05, 3.63) is 57.6 Å². The summed E-state index contributed by atoms with van der Waals surface area (Å²) in [6, 6.07) is 8.08. The fourth-order valence-electron chi connectivity index (χ4n) is 2.48. The monoisotopic (exact) mass is 340 g/mol. The molecule has 3 N–H and O–H groups in total. The molecule has 2 heterocycles. The number of fused-ring (bicyclic) bond motifs is 1. The maximum atomic E-state index is 13.2. The summed E-state index contributed by atoms with van der Waals surface area (Å²) < 4.78 is 44.8. The Kier molecular flexibility index (Phi) is 3.45. The van der Waals surface area contributed by atoms with E-state index in [2.05, 4.69) is 5.10 Å². The minimum absolute atomic E-state index is 0.155. The van der Waals surface area contributed by atoms with Gasteiger partial charge in [-0.1, -0.05) is 29.8 Å². The lowest BCUT2D eigenvalue weighted by atomic mass is 9.84. The Labute approximate surface area is 133 Å². The van der Waals surface area contributed by atoms with Gasteiger partial charge in [-0.15, -0.1) is 5.10 Å². The zero-order chi connectivity index (χ0) is 16.8. The minimum atomic E-state index is -4.70. The van der Waals surface area contributed by atoms with Crippen LogP contribution in [0.5, 0.6) is 5.88 Å². The number of alkyl halides is 3. The summed E-state index contributed by atoms with van der Waals surface area (Å²) >= 11 is 6.10. The molecule has 1 aromatic heterocycles. The third-order valence-electron chi connectivity index (χ3n) is 3.44. The van der Waals surface area contributed by atoms with Crippen LogP contribution in [-0.4, -0.2) is 10.2 Å². The smallest absolute Gasteiger partial charge is 0.420 e. The van der Waals surface area contributed by atoms with Crippen LogP contribution in [-0.2, 0) is 6.18 Å². The third-order valence-corrected chi connectivity index (χ3v) is 3.78. The van der Waals surface area contributed by atoms with Crippen molar-refractivity contribution in [3.63, 3.8) is 0 Å². The number of nitrogens with one attached hydrogen (secondary N) is 1. The molecule has 0 aliphatic carbocycles. The van der Waals surface area contributed by atoms with Crippen LogP contribution in [0, 0.1) is 11.3 Å². The van der Waals surface area contributed by atoms with Crippen LogP contribution in [0.1, 0.15) is 22.7 Å². The fourth-order valence-corrected chi connectivity index (χ4v) is 2.73. The zero-order valence-electron chi connectivity index (χ0n) is 11.3. The number of H-pyrrole nitrogens is 1. The molecule has 0 radical (unpaired) electrons. The Morgan fingerprint density at radius 1 is 1.35 bits per heavy atom. The SMILES string of the molecule is N#CC1=C(N)Oc2n[nH]c(C(F)(F)F)c2[C@H]1c1ccccc1Cl. The topological polar surface area (TPSA) is 87.7 Å². The number of nitriles is 1. The van der Waals surface area contributed by atoms with Crippen LogP contribution in [0.4, 0.5) is 13.2 Å². The van der Waals surface area contributed by atoms with Crippen molar-refractivity contribution in [2.75, 3.05) is 0 Å². The Balaban J connectivity index is 2.31. The van der Waals surface area contributed by atoms with Crippen molar-refractivity contribution < 1.29 is 17.9 Å². The van der Waals surface area contributed by atoms with Crippen molar-refractivity contribution in [1.29, 1.82) is 5.26 Å². The molecule has 0 saturated heterocycles. The van der Waals surface area contributed by atoms with Gasteiger partial charge in [-0.3, -0.25) is 5.10 Å². The number of aromatic amines is 1. The Morgan fingerprint density at radius 2 is 2.04 bits per heavy atom. The van der Waals surface area contributed by atoms with Crippen molar-refractivity contribution in [2.24, 2.45) is 5.73 Å². The molecule has 0 spiro atoms. The van der Waals surface area contributed by atoms with E-state index in [9.17, 15) is 18.4 Å². The molecule has 5 nitrogen and oxygen atoms in total. The number of nitrogens with zero attached hydrogens (tertiary/aromatic N) is 2. The number of hydrogen-bond donors (Lipinski definition) is 2. The van der Waals surface area contributed by atoms with E-state index in [0.29, 0.717) is 5.56 Å². The first-order valence-electron chi connectivity index (χ1n) is 6.32. The quantitative estimate of drug-likeness (QED) is 0.833. The summed E-state index contributed by atoms with van der Waals surface area (Å²) in [4.78, 5) is 0. The first-order valence-corrected chi connectivity index (χ1v) is 6.70. The highest BCUT2D eigenvalue weighted by Gasteiger charge is 2.44. The third kappa shape index (κ3) is 2.39. The van der Waals surface area contributed by atoms with Crippen LogP contribution in [0.2, 0.25) is 5.02 Å². The summed E-state index contributed by atoms with van der Waals surface area (Å²) in [5, 5.41) is 14.9. The van der Waals surface area contributed by atoms with Crippen LogP contribution in [0.3, 0.4) is 0 Å². The standard InChI is InChI=1S/C14H8ClF3N4O/c15-8-4-2-1-3-6(8)9-7(5-19)12(20)23-13-10(9)11(21-22-13)14(16,17)18/h1-4,9H,20H2,(H,21,22)/t9-/m0/s1. The highest BCUT2D eigenvalue weighted by Crippen LogP contribution is 2.48. The molecule has 1 aromatic carbocycles. The van der Waals surface area contributed by atoms with Gasteiger partial charge < -0.3 is 10.5 Å². The van der Waals surface area contributed by atoms with Gasteiger partial charge in [0.15, 0.2) is 0 Å². The lowest BCUT2D eigenvalue weighted by molar-refractivity contribution is -0.141. The number of halogens is 4. The summed E-state index contributed by atoms with van der Waals surface area (Å²) in [7, 11) is 0. The highest BCUT2D eigenvalue weighted by molar-refractivity contribution is 6.31. The molecule has 0 amide bonds. The van der Waals surface area contributed by atoms with Gasteiger partial charge in [0.05, 0.1) is 11.5 Å². The Hall–Kier alpha value is -2.66. The van der Waals surface area contributed by atoms with E-state index < -0.39 is 17.8 Å². The number of rotatable bonds is 1. The van der Waals surface area contributed by atoms with E-state index >= 15 is 0 Å². The molecular formula is C14H8ClF3N4O. The maximum absolute atomic E-state index is 13.2. The van der Waals surface area contributed by atoms with Crippen LogP contribution in [0.25, 0.3) is 0 Å². The Bertz CT molecular complexity index is 850. The molecule has 3 rings (SSSR count). The summed E-state index contributed by atoms with van der Waals surface area (Å²) in [5.41, 5.74) is 4.40. The van der Waals surface area contributed by atoms with Crippen molar-refractivity contribution in [3.8, 4) is 11.9 Å². The normalized spacial score (nSPS) is 17.4. The number of ether oxygens (including phenoxy) is 1. The van der Waals surface area contributed by atoms with Gasteiger partial charge in [-0.2, -0.15) is 18.4 Å². The predicted octanol–water partition coefficient (Wildman–Crippen LogP) is 3.30. The molecule has 2 aromatic rings. The Morgan fingerprint density at radius 3 is 2.65 bits per heavy atom. The van der Waals surface area contributed by atoms with E-state index in [-0.39, 0.29) is 27.9 Å². The molecule has 9 heteroatoms. The number of allylic oxidation sites excluding steroid dienone is 1. The van der Waals surface area contributed by atoms with Gasteiger partial charge in [0.25, 0.3) is 0 Å². The lowest BCUT2D eigenvalue weighted by Crippen LogP contribution is -2.23. The summed E-state index contributed by atoms with van der Waals surface area (Å²) in [5.74, 6) is -1.74. The highest BCUT2D eigenvalue weighted by atomic mass is 35.5. The van der Waals surface area contributed by atoms with Crippen LogP contribution >= 0.6 is 11.6 Å². The molecule has 1 atom stereocenters. The average molecular weight is 341 g/mol. The summed E-state index contributed by atoms with van der Waals surface area (Å²) in [6.07, 6.45) is -4.70. The van der Waals surface area contributed by atoms with Gasteiger partial charge in [0.2, 0.25) is 11.8 Å². The molecular weight excluding hydrogens is 333 g/mol. The second-order valence-electron chi connectivity index (χ2n) is 4.76. The number of aromatic nitrogens is 2. The van der Waals surface area contributed by atoms with Crippen LogP contribution < -0.4 is 10.5 Å². The van der Waals surface area contributed by atoms with E-state index in [1.165, 1.54) is 12.1 Å². The molecule has 0 bridgehead atoms. The van der Waals surface area contributed by atoms with E-state index in [4.69, 9.17) is 22.1 Å². The van der Waals surface area contributed by atoms with Gasteiger partial charge in [-0.05, 0) is 11.6 Å². The number of hydrogen-bond acceptors (Lipinski definition) is 4. The fraction of sp³-hybridized carbons (Fsp3) is 0.143. The van der Waals surface area contributed by atoms with Gasteiger partial charge >= 0.3 is 6.18 Å². The molecule has 0 unspecified atom stereocenters. The first-order chi connectivity index (χ1) is 10.8. The predicted molar refractivity (Wildman–Crippen MR) is 74.3 cm³/mol. The molecule has 1 aliphatic heterocycles. The average Bonchev–Trinajstić information content (AvgIpc) is 2.90. The van der Waals surface area contributed by atoms with E-state index in [0.717, 1.165) is 0 Å². The molecule has 1 aliphatic rings. The zero-order valence-corrected chi connectivity index (χ0v) is 12.0. The van der Waals surface area contributed by atoms with Gasteiger partial charge in [0, 0.05) is 5.02 Å².